The summed E-state index contributed by atoms with van der Waals surface area (Å²) in [5.74, 6) is 0.876. The summed E-state index contributed by atoms with van der Waals surface area (Å²) in [5.41, 5.74) is 0.865. The fourth-order valence-electron chi connectivity index (χ4n) is 1.49. The molecule has 0 atom stereocenters. The number of unbranched alkanes of at least 4 members (excludes halogenated alkanes) is 1. The quantitative estimate of drug-likeness (QED) is 0.832. The van der Waals surface area contributed by atoms with E-state index >= 15 is 0 Å². The number of aryl methyl sites for hydroxylation is 1. The molecule has 0 radical (unpaired) electrons. The largest absolute Gasteiger partial charge is 0.369 e. The van der Waals surface area contributed by atoms with Crippen LogP contribution < -0.4 is 5.32 Å². The summed E-state index contributed by atoms with van der Waals surface area (Å²) in [6, 6.07) is 0. The number of rotatable bonds is 4. The highest BCUT2D eigenvalue weighted by Gasteiger charge is 2.06. The van der Waals surface area contributed by atoms with Gasteiger partial charge in [-0.3, -0.25) is 4.68 Å². The molecule has 0 bridgehead atoms. The third-order valence-corrected chi connectivity index (χ3v) is 2.35. The van der Waals surface area contributed by atoms with E-state index in [1.807, 2.05) is 7.05 Å². The molecule has 2 heterocycles. The van der Waals surface area contributed by atoms with Crippen molar-refractivity contribution < 1.29 is 0 Å². The maximum absolute atomic E-state index is 4.22. The van der Waals surface area contributed by atoms with Gasteiger partial charge in [0.2, 0.25) is 0 Å². The van der Waals surface area contributed by atoms with Crippen molar-refractivity contribution in [2.75, 3.05) is 11.9 Å². The number of hydrogen-bond donors (Lipinski definition) is 1. The van der Waals surface area contributed by atoms with Gasteiger partial charge in [0.05, 0.1) is 11.6 Å². The molecular formula is C10H16ClN5. The molecule has 6 heteroatoms. The Kier molecular flexibility index (Phi) is 4.49. The monoisotopic (exact) mass is 241 g/mol. The summed E-state index contributed by atoms with van der Waals surface area (Å²) < 4.78 is 1.75. The Hall–Kier alpha value is -1.36. The fraction of sp³-hybridized carbons (Fsp3) is 0.500. The van der Waals surface area contributed by atoms with E-state index in [4.69, 9.17) is 0 Å². The molecule has 2 aromatic rings. The summed E-state index contributed by atoms with van der Waals surface area (Å²) in [4.78, 5) is 8.40. The smallest absolute Gasteiger partial charge is 0.163 e. The lowest BCUT2D eigenvalue weighted by molar-refractivity contribution is 0.785. The third kappa shape index (κ3) is 2.41. The van der Waals surface area contributed by atoms with Gasteiger partial charge in [0, 0.05) is 13.6 Å². The number of hydrogen-bond acceptors (Lipinski definition) is 4. The van der Waals surface area contributed by atoms with E-state index in [-0.39, 0.29) is 12.4 Å². The Morgan fingerprint density at radius 2 is 2.19 bits per heavy atom. The van der Waals surface area contributed by atoms with Gasteiger partial charge in [0.1, 0.15) is 12.1 Å². The molecule has 0 aromatic carbocycles. The minimum Gasteiger partial charge on any atom is -0.369 e. The van der Waals surface area contributed by atoms with Crippen LogP contribution >= 0.6 is 12.4 Å². The van der Waals surface area contributed by atoms with Crippen molar-refractivity contribution in [3.8, 4) is 0 Å². The number of halogens is 1. The van der Waals surface area contributed by atoms with Crippen molar-refractivity contribution in [1.29, 1.82) is 0 Å². The van der Waals surface area contributed by atoms with Gasteiger partial charge in [-0.1, -0.05) is 13.3 Å². The second kappa shape index (κ2) is 5.65. The van der Waals surface area contributed by atoms with Crippen molar-refractivity contribution >= 4 is 29.3 Å². The van der Waals surface area contributed by atoms with Crippen molar-refractivity contribution in [2.24, 2.45) is 7.05 Å². The molecule has 88 valence electrons. The standard InChI is InChI=1S/C10H15N5.ClH/c1-3-4-5-11-9-8-6-14-15(2)10(8)13-7-12-9;/h6-7H,3-5H2,1-2H3,(H,11,12,13);1H. The lowest BCUT2D eigenvalue weighted by Gasteiger charge is -2.04. The zero-order chi connectivity index (χ0) is 10.7. The number of aromatic nitrogens is 4. The van der Waals surface area contributed by atoms with Crippen LogP contribution in [0, 0.1) is 0 Å². The van der Waals surface area contributed by atoms with Crippen molar-refractivity contribution in [2.45, 2.75) is 19.8 Å². The van der Waals surface area contributed by atoms with Crippen LogP contribution in [-0.4, -0.2) is 26.3 Å². The van der Waals surface area contributed by atoms with Crippen LogP contribution in [-0.2, 0) is 7.05 Å². The number of nitrogens with zero attached hydrogens (tertiary/aromatic N) is 4. The average Bonchev–Trinajstić information content (AvgIpc) is 2.62. The molecule has 2 rings (SSSR count). The Morgan fingerprint density at radius 3 is 2.94 bits per heavy atom. The van der Waals surface area contributed by atoms with Crippen LogP contribution in [0.2, 0.25) is 0 Å². The highest BCUT2D eigenvalue weighted by Crippen LogP contribution is 2.17. The van der Waals surface area contributed by atoms with E-state index in [1.165, 1.54) is 6.42 Å². The molecule has 1 N–H and O–H groups in total. The lowest BCUT2D eigenvalue weighted by atomic mass is 10.3. The van der Waals surface area contributed by atoms with Gasteiger partial charge < -0.3 is 5.32 Å². The Bertz CT molecular complexity index is 453. The average molecular weight is 242 g/mol. The molecule has 0 fully saturated rings. The highest BCUT2D eigenvalue weighted by atomic mass is 35.5. The lowest BCUT2D eigenvalue weighted by Crippen LogP contribution is -2.03. The zero-order valence-electron chi connectivity index (χ0n) is 9.47. The molecule has 5 nitrogen and oxygen atoms in total. The fourth-order valence-corrected chi connectivity index (χ4v) is 1.49. The normalized spacial score (nSPS) is 10.1. The first-order valence-electron chi connectivity index (χ1n) is 5.19. The summed E-state index contributed by atoms with van der Waals surface area (Å²) >= 11 is 0. The molecule has 0 aliphatic carbocycles. The first-order chi connectivity index (χ1) is 7.33. The molecule has 0 amide bonds. The van der Waals surface area contributed by atoms with Gasteiger partial charge in [0.25, 0.3) is 0 Å². The molecule has 0 saturated heterocycles. The summed E-state index contributed by atoms with van der Waals surface area (Å²) in [6.07, 6.45) is 5.68. The Balaban J connectivity index is 0.00000128. The summed E-state index contributed by atoms with van der Waals surface area (Å²) in [5, 5.41) is 8.44. The maximum Gasteiger partial charge on any atom is 0.163 e. The molecule has 16 heavy (non-hydrogen) atoms. The molecule has 0 saturated carbocycles. The second-order valence-electron chi connectivity index (χ2n) is 3.51. The number of anilines is 1. The van der Waals surface area contributed by atoms with Gasteiger partial charge in [-0.05, 0) is 6.42 Å². The zero-order valence-corrected chi connectivity index (χ0v) is 10.3. The molecule has 0 unspecified atom stereocenters. The maximum atomic E-state index is 4.22. The first kappa shape index (κ1) is 12.7. The molecule has 2 aromatic heterocycles. The van der Waals surface area contributed by atoms with E-state index < -0.39 is 0 Å². The Labute approximate surface area is 101 Å². The van der Waals surface area contributed by atoms with Crippen molar-refractivity contribution in [3.63, 3.8) is 0 Å². The van der Waals surface area contributed by atoms with E-state index in [2.05, 4.69) is 27.3 Å². The predicted molar refractivity (Wildman–Crippen MR) is 66.9 cm³/mol. The minimum atomic E-state index is 0. The molecular weight excluding hydrogens is 226 g/mol. The summed E-state index contributed by atoms with van der Waals surface area (Å²) in [6.45, 7) is 3.11. The highest BCUT2D eigenvalue weighted by molar-refractivity contribution is 5.86. The van der Waals surface area contributed by atoms with Crippen LogP contribution in [0.15, 0.2) is 12.5 Å². The van der Waals surface area contributed by atoms with E-state index in [0.717, 1.165) is 29.8 Å². The predicted octanol–water partition coefficient (Wildman–Crippen LogP) is 2.00. The second-order valence-corrected chi connectivity index (χ2v) is 3.51. The third-order valence-electron chi connectivity index (χ3n) is 2.35. The van der Waals surface area contributed by atoms with Gasteiger partial charge in [0.15, 0.2) is 5.65 Å². The van der Waals surface area contributed by atoms with E-state index in [9.17, 15) is 0 Å². The minimum absolute atomic E-state index is 0. The van der Waals surface area contributed by atoms with Crippen LogP contribution in [0.3, 0.4) is 0 Å². The Morgan fingerprint density at radius 1 is 1.38 bits per heavy atom. The van der Waals surface area contributed by atoms with Crippen molar-refractivity contribution in [1.82, 2.24) is 19.7 Å². The van der Waals surface area contributed by atoms with Crippen molar-refractivity contribution in [3.05, 3.63) is 12.5 Å². The topological polar surface area (TPSA) is 55.6 Å². The van der Waals surface area contributed by atoms with Crippen LogP contribution in [0.4, 0.5) is 5.82 Å². The van der Waals surface area contributed by atoms with Gasteiger partial charge >= 0.3 is 0 Å². The summed E-state index contributed by atoms with van der Waals surface area (Å²) in [7, 11) is 1.88. The molecule has 0 aliphatic heterocycles. The molecule has 0 spiro atoms. The van der Waals surface area contributed by atoms with Crippen LogP contribution in [0.25, 0.3) is 11.0 Å². The van der Waals surface area contributed by atoms with Gasteiger partial charge in [-0.15, -0.1) is 12.4 Å². The van der Waals surface area contributed by atoms with Crippen LogP contribution in [0.1, 0.15) is 19.8 Å². The SMILES string of the molecule is CCCCNc1ncnc2c1cnn2C.Cl. The first-order valence-corrected chi connectivity index (χ1v) is 5.19. The van der Waals surface area contributed by atoms with Gasteiger partial charge in [-0.2, -0.15) is 5.10 Å². The van der Waals surface area contributed by atoms with E-state index in [0.29, 0.717) is 0 Å². The van der Waals surface area contributed by atoms with E-state index in [1.54, 1.807) is 17.2 Å². The molecule has 0 aliphatic rings. The van der Waals surface area contributed by atoms with Crippen LogP contribution in [0.5, 0.6) is 0 Å². The van der Waals surface area contributed by atoms with Gasteiger partial charge in [-0.25, -0.2) is 9.97 Å². The number of fused-ring (bicyclic) bond motifs is 1. The number of nitrogens with one attached hydrogen (secondary N) is 1.